The van der Waals surface area contributed by atoms with Crippen LogP contribution in [0.25, 0.3) is 119 Å². The van der Waals surface area contributed by atoms with Gasteiger partial charge in [0, 0.05) is 0 Å². The Hall–Kier alpha value is -7.02. The van der Waals surface area contributed by atoms with E-state index in [0.29, 0.717) is 0 Å². The predicted octanol–water partition coefficient (Wildman–Crippen LogP) is 15.4. The van der Waals surface area contributed by atoms with E-state index >= 15 is 0 Å². The van der Waals surface area contributed by atoms with Gasteiger partial charge in [0.2, 0.25) is 0 Å². The maximum atomic E-state index is 2.42. The largest absolute Gasteiger partial charge is 0.0616 e. The van der Waals surface area contributed by atoms with Crippen LogP contribution in [0.2, 0.25) is 0 Å². The first-order chi connectivity index (χ1) is 26.8. The van der Waals surface area contributed by atoms with Crippen molar-refractivity contribution >= 4 is 97.0 Å². The summed E-state index contributed by atoms with van der Waals surface area (Å²) < 4.78 is 0. The van der Waals surface area contributed by atoms with E-state index in [-0.39, 0.29) is 0 Å². The van der Waals surface area contributed by atoms with Crippen LogP contribution in [0.1, 0.15) is 0 Å². The maximum Gasteiger partial charge on any atom is -0.000741 e. The molecule has 248 valence electrons. The zero-order valence-electron chi connectivity index (χ0n) is 29.5. The molecule has 0 radical (unpaired) electrons. The van der Waals surface area contributed by atoms with Crippen molar-refractivity contribution in [3.63, 3.8) is 0 Å². The fourth-order valence-corrected chi connectivity index (χ4v) is 9.48. The van der Waals surface area contributed by atoms with E-state index in [1.54, 1.807) is 0 Å². The molecule has 0 heteroatoms. The summed E-state index contributed by atoms with van der Waals surface area (Å²) in [7, 11) is 0. The second-order valence-electron chi connectivity index (χ2n) is 14.8. The number of fused-ring (bicyclic) bond motifs is 18. The van der Waals surface area contributed by atoms with Crippen molar-refractivity contribution in [2.24, 2.45) is 0 Å². The van der Waals surface area contributed by atoms with Crippen LogP contribution in [0.4, 0.5) is 0 Å². The van der Waals surface area contributed by atoms with Crippen LogP contribution >= 0.6 is 0 Å². The summed E-state index contributed by atoms with van der Waals surface area (Å²) in [6.07, 6.45) is 0. The molecule has 0 aliphatic heterocycles. The lowest BCUT2D eigenvalue weighted by Gasteiger charge is -2.20. The van der Waals surface area contributed by atoms with Gasteiger partial charge in [-0.15, -0.1) is 0 Å². The highest BCUT2D eigenvalue weighted by atomic mass is 14.2. The zero-order valence-corrected chi connectivity index (χ0v) is 29.5. The molecule has 0 unspecified atom stereocenters. The summed E-state index contributed by atoms with van der Waals surface area (Å²) >= 11 is 0. The molecule has 0 saturated carbocycles. The molecule has 0 saturated heterocycles. The second-order valence-corrected chi connectivity index (χ2v) is 14.8. The minimum atomic E-state index is 1.24. The monoisotopic (exact) mass is 680 g/mol. The molecule has 0 N–H and O–H groups in total. The molecular weight excluding hydrogens is 649 g/mol. The second kappa shape index (κ2) is 11.2. The van der Waals surface area contributed by atoms with Crippen molar-refractivity contribution in [2.45, 2.75) is 0 Å². The summed E-state index contributed by atoms with van der Waals surface area (Å²) in [5.74, 6) is 0. The van der Waals surface area contributed by atoms with Gasteiger partial charge in [-0.1, -0.05) is 170 Å². The van der Waals surface area contributed by atoms with E-state index in [0.717, 1.165) is 0 Å². The minimum Gasteiger partial charge on any atom is -0.0616 e. The van der Waals surface area contributed by atoms with Crippen molar-refractivity contribution in [3.8, 4) is 22.3 Å². The third-order valence-corrected chi connectivity index (χ3v) is 11.9. The van der Waals surface area contributed by atoms with Crippen LogP contribution in [-0.2, 0) is 0 Å². The molecule has 0 aromatic heterocycles. The summed E-state index contributed by atoms with van der Waals surface area (Å²) in [6, 6.07) is 72.4. The van der Waals surface area contributed by atoms with Crippen LogP contribution in [0.3, 0.4) is 0 Å². The highest BCUT2D eigenvalue weighted by Gasteiger charge is 2.20. The normalized spacial score (nSPS) is 12.1. The average Bonchev–Trinajstić information content (AvgIpc) is 3.25. The highest BCUT2D eigenvalue weighted by molar-refractivity contribution is 6.46. The smallest absolute Gasteiger partial charge is 0.000741 e. The summed E-state index contributed by atoms with van der Waals surface area (Å²) in [5, 5.41) is 23.3. The topological polar surface area (TPSA) is 0 Å². The Kier molecular flexibility index (Phi) is 6.15. The Morgan fingerprint density at radius 3 is 0.889 bits per heavy atom. The molecule has 0 aliphatic carbocycles. The number of rotatable bonds is 2. The van der Waals surface area contributed by atoms with E-state index in [9.17, 15) is 0 Å². The molecule has 0 heterocycles. The maximum absolute atomic E-state index is 2.42. The molecule has 0 bridgehead atoms. The van der Waals surface area contributed by atoms with Crippen molar-refractivity contribution in [2.75, 3.05) is 0 Å². The first-order valence-corrected chi connectivity index (χ1v) is 18.8. The molecule has 0 amide bonds. The highest BCUT2D eigenvalue weighted by Crippen LogP contribution is 2.49. The first-order valence-electron chi connectivity index (χ1n) is 18.8. The Bertz CT molecular complexity index is 3310. The molecule has 12 aromatic rings. The van der Waals surface area contributed by atoms with Crippen LogP contribution in [0.5, 0.6) is 0 Å². The van der Waals surface area contributed by atoms with Crippen molar-refractivity contribution in [1.29, 1.82) is 0 Å². The Morgan fingerprint density at radius 2 is 0.463 bits per heavy atom. The number of hydrogen-bond donors (Lipinski definition) is 0. The molecule has 54 heavy (non-hydrogen) atoms. The Balaban J connectivity index is 1.22. The van der Waals surface area contributed by atoms with E-state index in [4.69, 9.17) is 0 Å². The van der Waals surface area contributed by atoms with Gasteiger partial charge in [0.1, 0.15) is 0 Å². The van der Waals surface area contributed by atoms with Gasteiger partial charge >= 0.3 is 0 Å². The summed E-state index contributed by atoms with van der Waals surface area (Å²) in [4.78, 5) is 0. The van der Waals surface area contributed by atoms with Crippen molar-refractivity contribution in [3.05, 3.63) is 194 Å². The first kappa shape index (κ1) is 29.5. The van der Waals surface area contributed by atoms with E-state index in [1.807, 2.05) is 0 Å². The van der Waals surface area contributed by atoms with Gasteiger partial charge in [-0.25, -0.2) is 0 Å². The molecule has 0 fully saturated rings. The summed E-state index contributed by atoms with van der Waals surface area (Å²) in [6.45, 7) is 0. The average molecular weight is 681 g/mol. The molecule has 12 aromatic carbocycles. The summed E-state index contributed by atoms with van der Waals surface area (Å²) in [5.41, 5.74) is 4.95. The molecule has 0 aliphatic rings. The van der Waals surface area contributed by atoms with Crippen molar-refractivity contribution < 1.29 is 0 Å². The van der Waals surface area contributed by atoms with E-state index < -0.39 is 0 Å². The molecule has 0 atom stereocenters. The third-order valence-electron chi connectivity index (χ3n) is 11.9. The molecule has 0 spiro atoms. The minimum absolute atomic E-state index is 1.24. The Labute approximate surface area is 312 Å². The molecule has 0 nitrogen and oxygen atoms in total. The van der Waals surface area contributed by atoms with Gasteiger partial charge < -0.3 is 0 Å². The standard InChI is InChI=1S/C54H32/c1-3-13-35-29-37(23-21-33(35)11-1)39-25-27-47-49(31-39)41-15-5-7-17-43(41)53-51(47)45-19-9-10-20-46(45)52-48-28-26-40(38-24-22-34-12-2-4-14-36(34)30-38)32-50(48)42-16-6-8-18-44(42)54(52)53/h1-32H. The molecule has 12 rings (SSSR count). The fraction of sp³-hybridized carbons (Fsp3) is 0. The lowest BCUT2D eigenvalue weighted by Crippen LogP contribution is -1.92. The zero-order chi connectivity index (χ0) is 35.3. The van der Waals surface area contributed by atoms with Gasteiger partial charge in [-0.2, -0.15) is 0 Å². The number of hydrogen-bond acceptors (Lipinski definition) is 0. The van der Waals surface area contributed by atoms with Gasteiger partial charge in [0.05, 0.1) is 0 Å². The SMILES string of the molecule is c1ccc2cc(-c3ccc4c(c3)c3ccccc3c3c4c4ccccc4c4c5ccc(-c6ccc7ccccc7c6)cc5c5ccccc5c43)ccc2c1. The van der Waals surface area contributed by atoms with E-state index in [1.165, 1.54) is 119 Å². The fourth-order valence-electron chi connectivity index (χ4n) is 9.48. The van der Waals surface area contributed by atoms with Gasteiger partial charge in [0.15, 0.2) is 0 Å². The quantitative estimate of drug-likeness (QED) is 0.159. The van der Waals surface area contributed by atoms with Gasteiger partial charge in [-0.05, 0) is 143 Å². The lowest BCUT2D eigenvalue weighted by atomic mass is 9.82. The van der Waals surface area contributed by atoms with Crippen LogP contribution in [0.15, 0.2) is 194 Å². The van der Waals surface area contributed by atoms with Crippen LogP contribution in [-0.4, -0.2) is 0 Å². The van der Waals surface area contributed by atoms with Gasteiger partial charge in [0.25, 0.3) is 0 Å². The third kappa shape index (κ3) is 4.20. The van der Waals surface area contributed by atoms with Crippen LogP contribution in [0, 0.1) is 0 Å². The Morgan fingerprint density at radius 1 is 0.167 bits per heavy atom. The predicted molar refractivity (Wildman–Crippen MR) is 235 cm³/mol. The van der Waals surface area contributed by atoms with Crippen molar-refractivity contribution in [1.82, 2.24) is 0 Å². The number of benzene rings is 12. The van der Waals surface area contributed by atoms with Crippen LogP contribution < -0.4 is 0 Å². The van der Waals surface area contributed by atoms with Gasteiger partial charge in [-0.3, -0.25) is 0 Å². The lowest BCUT2D eigenvalue weighted by molar-refractivity contribution is 1.68. The van der Waals surface area contributed by atoms with E-state index in [2.05, 4.69) is 194 Å². The molecular formula is C54H32.